The van der Waals surface area contributed by atoms with Gasteiger partial charge in [0.2, 0.25) is 0 Å². The molecule has 2 aromatic rings. The summed E-state index contributed by atoms with van der Waals surface area (Å²) in [6.45, 7) is 2.41. The van der Waals surface area contributed by atoms with E-state index in [1.807, 2.05) is 36.1 Å². The molecule has 1 heterocycles. The predicted molar refractivity (Wildman–Crippen MR) is 119 cm³/mol. The summed E-state index contributed by atoms with van der Waals surface area (Å²) in [6.07, 6.45) is -3.72. The third-order valence-corrected chi connectivity index (χ3v) is 6.60. The van der Waals surface area contributed by atoms with Gasteiger partial charge in [-0.3, -0.25) is 9.69 Å². The lowest BCUT2D eigenvalue weighted by atomic mass is 9.83. The number of rotatable bonds is 9. The van der Waals surface area contributed by atoms with E-state index in [0.29, 0.717) is 31.4 Å². The molecule has 1 aliphatic heterocycles. The molecule has 0 unspecified atom stereocenters. The van der Waals surface area contributed by atoms with Crippen molar-refractivity contribution >= 4 is 5.97 Å². The molecule has 0 aromatic heterocycles. The van der Waals surface area contributed by atoms with E-state index in [-0.39, 0.29) is 31.2 Å². The zero-order chi connectivity index (χ0) is 24.9. The predicted octanol–water partition coefficient (Wildman–Crippen LogP) is 6.84. The first-order chi connectivity index (χ1) is 16.0. The first-order valence-corrected chi connectivity index (χ1v) is 11.6. The van der Waals surface area contributed by atoms with Crippen molar-refractivity contribution in [3.05, 3.63) is 70.8 Å². The number of hydrogen-bond donors (Lipinski definition) is 1. The van der Waals surface area contributed by atoms with Crippen LogP contribution in [0.1, 0.15) is 61.3 Å². The van der Waals surface area contributed by atoms with E-state index in [2.05, 4.69) is 0 Å². The SMILES string of the molecule is Cc1ccc([C@@H]2C[C@H](CC(=O)O)CCN2[C@H](CCc2cc(F)cc(F)c2)CCC(F)(F)F)cc1. The van der Waals surface area contributed by atoms with Gasteiger partial charge in [0.05, 0.1) is 0 Å². The molecule has 3 atom stereocenters. The van der Waals surface area contributed by atoms with Gasteiger partial charge in [-0.2, -0.15) is 13.2 Å². The first kappa shape index (κ1) is 26.1. The first-order valence-electron chi connectivity index (χ1n) is 11.6. The summed E-state index contributed by atoms with van der Waals surface area (Å²) >= 11 is 0. The Balaban J connectivity index is 1.86. The summed E-state index contributed by atoms with van der Waals surface area (Å²) in [5.41, 5.74) is 2.40. The molecule has 8 heteroatoms. The van der Waals surface area contributed by atoms with Crippen LogP contribution in [-0.4, -0.2) is 34.7 Å². The van der Waals surface area contributed by atoms with Crippen molar-refractivity contribution in [2.45, 2.75) is 70.1 Å². The second-order valence-corrected chi connectivity index (χ2v) is 9.28. The largest absolute Gasteiger partial charge is 0.481 e. The van der Waals surface area contributed by atoms with E-state index in [1.165, 1.54) is 12.1 Å². The second kappa shape index (κ2) is 11.3. The second-order valence-electron chi connectivity index (χ2n) is 9.28. The van der Waals surface area contributed by atoms with Crippen LogP contribution < -0.4 is 0 Å². The quantitative estimate of drug-likeness (QED) is 0.397. The molecular formula is C26H30F5NO2. The molecule has 0 bridgehead atoms. The number of aryl methyl sites for hydroxylation is 2. The normalized spacial score (nSPS) is 20.3. The number of carbonyl (C=O) groups is 1. The lowest BCUT2D eigenvalue weighted by Crippen LogP contribution is -2.44. The molecule has 1 N–H and O–H groups in total. The highest BCUT2D eigenvalue weighted by Gasteiger charge is 2.36. The molecule has 1 fully saturated rings. The fraction of sp³-hybridized carbons (Fsp3) is 0.500. The molecule has 0 amide bonds. The van der Waals surface area contributed by atoms with Gasteiger partial charge in [0.25, 0.3) is 0 Å². The zero-order valence-electron chi connectivity index (χ0n) is 19.1. The number of hydrogen-bond acceptors (Lipinski definition) is 2. The lowest BCUT2D eigenvalue weighted by Gasteiger charge is -2.44. The van der Waals surface area contributed by atoms with Gasteiger partial charge in [-0.25, -0.2) is 8.78 Å². The van der Waals surface area contributed by atoms with Gasteiger partial charge >= 0.3 is 12.1 Å². The fourth-order valence-electron chi connectivity index (χ4n) is 4.94. The van der Waals surface area contributed by atoms with Crippen LogP contribution in [-0.2, 0) is 11.2 Å². The van der Waals surface area contributed by atoms with Crippen LogP contribution in [0.2, 0.25) is 0 Å². The van der Waals surface area contributed by atoms with Crippen LogP contribution in [0, 0.1) is 24.5 Å². The highest BCUT2D eigenvalue weighted by molar-refractivity contribution is 5.67. The molecule has 3 rings (SSSR count). The monoisotopic (exact) mass is 483 g/mol. The number of carboxylic acids is 1. The third-order valence-electron chi connectivity index (χ3n) is 6.60. The Hall–Kier alpha value is -2.48. The van der Waals surface area contributed by atoms with Crippen molar-refractivity contribution in [2.75, 3.05) is 6.54 Å². The molecule has 0 spiro atoms. The Morgan fingerprint density at radius 2 is 1.74 bits per heavy atom. The van der Waals surface area contributed by atoms with E-state index in [0.717, 1.165) is 17.2 Å². The van der Waals surface area contributed by atoms with E-state index in [9.17, 15) is 31.9 Å². The van der Waals surface area contributed by atoms with Crippen LogP contribution in [0.4, 0.5) is 22.0 Å². The van der Waals surface area contributed by atoms with Gasteiger partial charge in [-0.1, -0.05) is 29.8 Å². The Morgan fingerprint density at radius 3 is 2.32 bits per heavy atom. The number of halogens is 5. The van der Waals surface area contributed by atoms with Crippen molar-refractivity contribution in [1.82, 2.24) is 4.90 Å². The smallest absolute Gasteiger partial charge is 0.389 e. The fourth-order valence-corrected chi connectivity index (χ4v) is 4.94. The van der Waals surface area contributed by atoms with Gasteiger partial charge in [-0.15, -0.1) is 0 Å². The number of nitrogens with zero attached hydrogens (tertiary/aromatic N) is 1. The van der Waals surface area contributed by atoms with Crippen LogP contribution in [0.25, 0.3) is 0 Å². The summed E-state index contributed by atoms with van der Waals surface area (Å²) in [6, 6.07) is 10.3. The van der Waals surface area contributed by atoms with Gasteiger partial charge < -0.3 is 5.11 Å². The standard InChI is InChI=1S/C26H30F5NO2/c1-17-2-5-20(6-3-17)24-14-19(15-25(33)34)9-11-32(24)23(8-10-26(29,30)31)7-4-18-12-21(27)16-22(28)13-18/h2-3,5-6,12-13,16,19,23-24H,4,7-11,14-15H2,1H3,(H,33,34)/t19-,23-,24+/m1/s1. The number of piperidine rings is 1. The molecular weight excluding hydrogens is 453 g/mol. The van der Waals surface area contributed by atoms with E-state index < -0.39 is 36.2 Å². The molecule has 3 nitrogen and oxygen atoms in total. The van der Waals surface area contributed by atoms with Gasteiger partial charge in [-0.05, 0) is 74.8 Å². The summed E-state index contributed by atoms with van der Waals surface area (Å²) in [5, 5.41) is 9.26. The molecule has 2 aromatic carbocycles. The molecule has 0 saturated carbocycles. The summed E-state index contributed by atoms with van der Waals surface area (Å²) in [5.74, 6) is -2.38. The number of alkyl halides is 3. The van der Waals surface area contributed by atoms with Crippen molar-refractivity contribution < 1.29 is 31.9 Å². The van der Waals surface area contributed by atoms with Crippen molar-refractivity contribution in [1.29, 1.82) is 0 Å². The highest BCUT2D eigenvalue weighted by atomic mass is 19.4. The number of carboxylic acid groups (broad SMARTS) is 1. The minimum absolute atomic E-state index is 0.0198. The molecule has 0 radical (unpaired) electrons. The Kier molecular flexibility index (Phi) is 8.68. The summed E-state index contributed by atoms with van der Waals surface area (Å²) in [7, 11) is 0. The van der Waals surface area contributed by atoms with Crippen LogP contribution in [0.3, 0.4) is 0 Å². The van der Waals surface area contributed by atoms with Crippen LogP contribution >= 0.6 is 0 Å². The van der Waals surface area contributed by atoms with Crippen molar-refractivity contribution in [3.63, 3.8) is 0 Å². The third kappa shape index (κ3) is 7.79. The van der Waals surface area contributed by atoms with Gasteiger partial charge in [0.15, 0.2) is 0 Å². The van der Waals surface area contributed by atoms with E-state index >= 15 is 0 Å². The number of benzene rings is 2. The van der Waals surface area contributed by atoms with E-state index in [4.69, 9.17) is 0 Å². The maximum Gasteiger partial charge on any atom is 0.389 e. The maximum atomic E-state index is 13.6. The van der Waals surface area contributed by atoms with E-state index in [1.54, 1.807) is 0 Å². The average molecular weight is 484 g/mol. The van der Waals surface area contributed by atoms with Crippen molar-refractivity contribution in [2.24, 2.45) is 5.92 Å². The Bertz CT molecular complexity index is 940. The zero-order valence-corrected chi connectivity index (χ0v) is 19.1. The number of aliphatic carboxylic acids is 1. The van der Waals surface area contributed by atoms with Gasteiger partial charge in [0.1, 0.15) is 11.6 Å². The molecule has 1 aliphatic rings. The van der Waals surface area contributed by atoms with Gasteiger partial charge in [0, 0.05) is 31.0 Å². The Morgan fingerprint density at radius 1 is 1.09 bits per heavy atom. The van der Waals surface area contributed by atoms with Crippen LogP contribution in [0.15, 0.2) is 42.5 Å². The van der Waals surface area contributed by atoms with Crippen LogP contribution in [0.5, 0.6) is 0 Å². The average Bonchev–Trinajstić information content (AvgIpc) is 2.73. The highest BCUT2D eigenvalue weighted by Crippen LogP contribution is 2.39. The topological polar surface area (TPSA) is 40.5 Å². The minimum atomic E-state index is -4.32. The van der Waals surface area contributed by atoms with Crippen molar-refractivity contribution in [3.8, 4) is 0 Å². The molecule has 1 saturated heterocycles. The summed E-state index contributed by atoms with van der Waals surface area (Å²) in [4.78, 5) is 13.3. The number of likely N-dealkylation sites (tertiary alicyclic amines) is 1. The molecule has 0 aliphatic carbocycles. The lowest BCUT2D eigenvalue weighted by molar-refractivity contribution is -0.141. The molecule has 34 heavy (non-hydrogen) atoms. The molecule has 186 valence electrons. The maximum absolute atomic E-state index is 13.6. The summed E-state index contributed by atoms with van der Waals surface area (Å²) < 4.78 is 66.7. The Labute approximate surface area is 196 Å². The minimum Gasteiger partial charge on any atom is -0.481 e.